The number of ether oxygens (including phenoxy) is 2. The van der Waals surface area contributed by atoms with Gasteiger partial charge in [-0.05, 0) is 35.2 Å². The Morgan fingerprint density at radius 1 is 1.00 bits per heavy atom. The Kier molecular flexibility index (Phi) is 5.49. The second kappa shape index (κ2) is 8.71. The van der Waals surface area contributed by atoms with Crippen LogP contribution in [-0.4, -0.2) is 23.5 Å². The summed E-state index contributed by atoms with van der Waals surface area (Å²) in [7, 11) is 3.60. The lowest BCUT2D eigenvalue weighted by Gasteiger charge is -2.32. The Morgan fingerprint density at radius 3 is 2.50 bits per heavy atom. The van der Waals surface area contributed by atoms with Gasteiger partial charge in [-0.25, -0.2) is 0 Å². The van der Waals surface area contributed by atoms with Crippen LogP contribution in [0.1, 0.15) is 34.2 Å². The number of benzene rings is 3. The number of carbonyl (C=O) groups excluding carboxylic acids is 2. The summed E-state index contributed by atoms with van der Waals surface area (Å²) >= 11 is 6.57. The van der Waals surface area contributed by atoms with E-state index >= 15 is 0 Å². The largest absolute Gasteiger partial charge is 0.493 e. The van der Waals surface area contributed by atoms with Gasteiger partial charge in [0.15, 0.2) is 11.5 Å². The van der Waals surface area contributed by atoms with Crippen molar-refractivity contribution in [3.63, 3.8) is 0 Å². The highest BCUT2D eigenvalue weighted by Gasteiger charge is 2.52. The van der Waals surface area contributed by atoms with Gasteiger partial charge in [0.1, 0.15) is 6.61 Å². The maximum Gasteiger partial charge on any atom is 0.235 e. The van der Waals surface area contributed by atoms with E-state index in [-0.39, 0.29) is 17.7 Å². The molecule has 3 atom stereocenters. The number of fused-ring (bicyclic) bond motifs is 5. The third kappa shape index (κ3) is 3.47. The summed E-state index contributed by atoms with van der Waals surface area (Å²) in [6.45, 7) is 0.406. The SMILES string of the molecule is COc1cc2c3c(n(C)c2cc1OCc1ccccc1)CC(c1ccccc1Cl)C1C(=O)NC(=O)C31. The van der Waals surface area contributed by atoms with E-state index in [0.29, 0.717) is 29.5 Å². The molecule has 6 rings (SSSR count). The summed E-state index contributed by atoms with van der Waals surface area (Å²) < 4.78 is 13.9. The molecule has 1 aromatic heterocycles. The third-order valence-electron chi connectivity index (χ3n) is 7.54. The fourth-order valence-electron chi connectivity index (χ4n) is 5.86. The average molecular weight is 501 g/mol. The maximum atomic E-state index is 13.1. The summed E-state index contributed by atoms with van der Waals surface area (Å²) in [5, 5.41) is 4.09. The van der Waals surface area contributed by atoms with Crippen molar-refractivity contribution in [2.45, 2.75) is 24.9 Å². The van der Waals surface area contributed by atoms with E-state index in [2.05, 4.69) is 9.88 Å². The summed E-state index contributed by atoms with van der Waals surface area (Å²) in [4.78, 5) is 26.2. The molecule has 0 bridgehead atoms. The molecule has 7 heteroatoms. The normalized spacial score (nSPS) is 20.7. The average Bonchev–Trinajstić information content (AvgIpc) is 3.34. The molecule has 6 nitrogen and oxygen atoms in total. The number of imide groups is 1. The Bertz CT molecular complexity index is 1510. The minimum absolute atomic E-state index is 0.207. The van der Waals surface area contributed by atoms with E-state index in [0.717, 1.165) is 33.3 Å². The first-order valence-corrected chi connectivity index (χ1v) is 12.3. The molecule has 1 N–H and O–H groups in total. The Morgan fingerprint density at radius 2 is 1.75 bits per heavy atom. The second-order valence-electron chi connectivity index (χ2n) is 9.40. The van der Waals surface area contributed by atoms with Crippen LogP contribution in [0.4, 0.5) is 0 Å². The van der Waals surface area contributed by atoms with Gasteiger partial charge >= 0.3 is 0 Å². The number of hydrogen-bond donors (Lipinski definition) is 1. The Hall–Kier alpha value is -3.77. The molecule has 1 saturated heterocycles. The zero-order valence-electron chi connectivity index (χ0n) is 20.0. The van der Waals surface area contributed by atoms with Crippen molar-refractivity contribution in [3.05, 3.63) is 94.1 Å². The molecular formula is C29H25ClN2O4. The van der Waals surface area contributed by atoms with Crippen LogP contribution >= 0.6 is 11.6 Å². The van der Waals surface area contributed by atoms with Crippen LogP contribution in [0.25, 0.3) is 10.9 Å². The first kappa shape index (κ1) is 22.7. The van der Waals surface area contributed by atoms with Gasteiger partial charge in [0, 0.05) is 35.1 Å². The van der Waals surface area contributed by atoms with Crippen LogP contribution in [0.5, 0.6) is 11.5 Å². The maximum absolute atomic E-state index is 13.1. The molecule has 0 spiro atoms. The van der Waals surface area contributed by atoms with E-state index in [9.17, 15) is 9.59 Å². The molecule has 4 aromatic rings. The number of nitrogens with zero attached hydrogens (tertiary/aromatic N) is 1. The lowest BCUT2D eigenvalue weighted by Crippen LogP contribution is -2.31. The molecule has 1 aliphatic heterocycles. The van der Waals surface area contributed by atoms with E-state index < -0.39 is 11.8 Å². The van der Waals surface area contributed by atoms with Crippen molar-refractivity contribution < 1.29 is 19.1 Å². The smallest absolute Gasteiger partial charge is 0.235 e. The number of amides is 2. The quantitative estimate of drug-likeness (QED) is 0.386. The number of aryl methyl sites for hydroxylation is 1. The third-order valence-corrected chi connectivity index (χ3v) is 7.88. The van der Waals surface area contributed by atoms with Crippen LogP contribution in [-0.2, 0) is 29.7 Å². The summed E-state index contributed by atoms with van der Waals surface area (Å²) in [5.41, 5.74) is 4.77. The van der Waals surface area contributed by atoms with Crippen molar-refractivity contribution in [1.82, 2.24) is 9.88 Å². The molecule has 3 aromatic carbocycles. The van der Waals surface area contributed by atoms with Crippen LogP contribution in [0, 0.1) is 5.92 Å². The van der Waals surface area contributed by atoms with Crippen molar-refractivity contribution >= 4 is 34.3 Å². The molecule has 1 aliphatic carbocycles. The molecule has 2 amide bonds. The van der Waals surface area contributed by atoms with Crippen LogP contribution < -0.4 is 14.8 Å². The zero-order chi connectivity index (χ0) is 25.0. The molecule has 0 radical (unpaired) electrons. The number of halogens is 1. The molecular weight excluding hydrogens is 476 g/mol. The van der Waals surface area contributed by atoms with Crippen LogP contribution in [0.2, 0.25) is 5.02 Å². The van der Waals surface area contributed by atoms with Crippen molar-refractivity contribution in [2.24, 2.45) is 13.0 Å². The number of methoxy groups -OCH3 is 1. The van der Waals surface area contributed by atoms with E-state index in [1.807, 2.05) is 73.8 Å². The fraction of sp³-hybridized carbons (Fsp3) is 0.241. The van der Waals surface area contributed by atoms with Gasteiger partial charge in [-0.1, -0.05) is 60.1 Å². The first-order chi connectivity index (χ1) is 17.5. The Labute approximate surface area is 213 Å². The number of hydrogen-bond acceptors (Lipinski definition) is 4. The molecule has 2 aliphatic rings. The van der Waals surface area contributed by atoms with Gasteiger partial charge < -0.3 is 14.0 Å². The monoisotopic (exact) mass is 500 g/mol. The van der Waals surface area contributed by atoms with E-state index in [1.54, 1.807) is 7.11 Å². The number of aromatic nitrogens is 1. The van der Waals surface area contributed by atoms with Gasteiger partial charge in [0.2, 0.25) is 11.8 Å². The van der Waals surface area contributed by atoms with E-state index in [4.69, 9.17) is 21.1 Å². The fourth-order valence-corrected chi connectivity index (χ4v) is 6.14. The molecule has 0 saturated carbocycles. The molecule has 36 heavy (non-hydrogen) atoms. The zero-order valence-corrected chi connectivity index (χ0v) is 20.7. The first-order valence-electron chi connectivity index (χ1n) is 11.9. The van der Waals surface area contributed by atoms with Gasteiger partial charge in [-0.3, -0.25) is 14.9 Å². The van der Waals surface area contributed by atoms with Gasteiger partial charge in [0.25, 0.3) is 0 Å². The Balaban J connectivity index is 1.49. The van der Waals surface area contributed by atoms with Crippen LogP contribution in [0.3, 0.4) is 0 Å². The predicted molar refractivity (Wildman–Crippen MR) is 138 cm³/mol. The topological polar surface area (TPSA) is 69.6 Å². The highest BCUT2D eigenvalue weighted by molar-refractivity contribution is 6.31. The van der Waals surface area contributed by atoms with Crippen molar-refractivity contribution in [2.75, 3.05) is 7.11 Å². The lowest BCUT2D eigenvalue weighted by atomic mass is 9.69. The van der Waals surface area contributed by atoms with E-state index in [1.165, 1.54) is 0 Å². The molecule has 2 heterocycles. The lowest BCUT2D eigenvalue weighted by molar-refractivity contribution is -0.126. The van der Waals surface area contributed by atoms with Gasteiger partial charge in [-0.15, -0.1) is 0 Å². The number of nitrogens with one attached hydrogen (secondary N) is 1. The van der Waals surface area contributed by atoms with Crippen molar-refractivity contribution in [1.29, 1.82) is 0 Å². The minimum Gasteiger partial charge on any atom is -0.493 e. The predicted octanol–water partition coefficient (Wildman–Crippen LogP) is 5.12. The molecule has 182 valence electrons. The van der Waals surface area contributed by atoms with Gasteiger partial charge in [0.05, 0.1) is 24.5 Å². The highest BCUT2D eigenvalue weighted by atomic mass is 35.5. The summed E-state index contributed by atoms with van der Waals surface area (Å²) in [5.74, 6) is -0.616. The summed E-state index contributed by atoms with van der Waals surface area (Å²) in [6.07, 6.45) is 0.592. The summed E-state index contributed by atoms with van der Waals surface area (Å²) in [6, 6.07) is 21.4. The molecule has 3 unspecified atom stereocenters. The number of carbonyl (C=O) groups is 2. The number of rotatable bonds is 5. The minimum atomic E-state index is -0.591. The highest BCUT2D eigenvalue weighted by Crippen LogP contribution is 2.52. The standard InChI is InChI=1S/C29H25ClN2O4/c1-32-21-14-24(36-15-16-8-4-3-5-9-16)23(35-2)13-19(21)25-22(32)12-18(17-10-6-7-11-20(17)30)26-27(25)29(34)31-28(26)33/h3-11,13-14,18,26-27H,12,15H2,1-2H3,(H,31,33,34). The van der Waals surface area contributed by atoms with Crippen molar-refractivity contribution in [3.8, 4) is 11.5 Å². The second-order valence-corrected chi connectivity index (χ2v) is 9.81. The van der Waals surface area contributed by atoms with Crippen LogP contribution in [0.15, 0.2) is 66.7 Å². The molecule has 1 fully saturated rings. The van der Waals surface area contributed by atoms with Gasteiger partial charge in [-0.2, -0.15) is 0 Å².